The van der Waals surface area contributed by atoms with Gasteiger partial charge in [-0.15, -0.1) is 11.3 Å². The molecule has 3 aliphatic rings. The van der Waals surface area contributed by atoms with E-state index in [4.69, 9.17) is 0 Å². The molecule has 0 N–H and O–H groups in total. The Morgan fingerprint density at radius 1 is 0.608 bits per heavy atom. The molecule has 51 heavy (non-hydrogen) atoms. The van der Waals surface area contributed by atoms with Crippen molar-refractivity contribution in [3.8, 4) is 16.8 Å². The maximum Gasteiger partial charge on any atom is 0.0541 e. The third kappa shape index (κ3) is 4.41. The maximum atomic E-state index is 2.59. The van der Waals surface area contributed by atoms with E-state index in [1.165, 1.54) is 92.6 Å². The summed E-state index contributed by atoms with van der Waals surface area (Å²) in [5.74, 6) is 0.308. The first-order valence-corrected chi connectivity index (χ1v) is 18.8. The number of nitrogens with zero attached hydrogens (tertiary/aromatic N) is 2. The van der Waals surface area contributed by atoms with Gasteiger partial charge in [0.1, 0.15) is 0 Å². The Labute approximate surface area is 301 Å². The van der Waals surface area contributed by atoms with Gasteiger partial charge in [-0.1, -0.05) is 109 Å². The van der Waals surface area contributed by atoms with Crippen LogP contribution in [0.15, 0.2) is 175 Å². The van der Waals surface area contributed by atoms with Crippen LogP contribution in [0.4, 0.5) is 5.69 Å². The molecular formula is C48H34N2S. The molecule has 2 aliphatic carbocycles. The Kier molecular flexibility index (Phi) is 6.41. The number of benzene rings is 6. The smallest absolute Gasteiger partial charge is 0.0541 e. The molecule has 0 saturated carbocycles. The van der Waals surface area contributed by atoms with Gasteiger partial charge in [0.15, 0.2) is 0 Å². The third-order valence-corrected chi connectivity index (χ3v) is 12.4. The Balaban J connectivity index is 1.03. The average Bonchev–Trinajstić information content (AvgIpc) is 3.85. The fourth-order valence-corrected chi connectivity index (χ4v) is 10.1. The Morgan fingerprint density at radius 3 is 2.31 bits per heavy atom. The Morgan fingerprint density at radius 2 is 1.41 bits per heavy atom. The number of hydrogen-bond donors (Lipinski definition) is 0. The molecule has 0 radical (unpaired) electrons. The predicted molar refractivity (Wildman–Crippen MR) is 218 cm³/mol. The highest BCUT2D eigenvalue weighted by molar-refractivity contribution is 7.26. The standard InChI is InChI=1S/C48H34N2S/c1-3-12-34(13-4-1)49-43-20-9-7-16-37(43)41-28-31(23-26-44(41)49)32-24-27-45-42(29-32)38-25-22-33(30-46(38)50(45)35-14-5-2-6-15-35)36-18-11-19-40-39-17-8-10-21-47(39)51-48(36)40/h1-5,7-14,16-28,30,42H,6,15,29H2. The zero-order chi connectivity index (χ0) is 33.5. The Hall–Kier alpha value is -5.90. The Bertz CT molecular complexity index is 2840. The summed E-state index contributed by atoms with van der Waals surface area (Å²) in [6.07, 6.45) is 14.8. The van der Waals surface area contributed by atoms with Crippen LogP contribution in [-0.4, -0.2) is 4.57 Å². The van der Waals surface area contributed by atoms with Gasteiger partial charge in [0.05, 0.1) is 16.7 Å². The lowest BCUT2D eigenvalue weighted by Crippen LogP contribution is -2.21. The minimum Gasteiger partial charge on any atom is -0.317 e. The maximum absolute atomic E-state index is 2.59. The predicted octanol–water partition coefficient (Wildman–Crippen LogP) is 13.3. The van der Waals surface area contributed by atoms with Crippen molar-refractivity contribution in [2.24, 2.45) is 0 Å². The molecule has 242 valence electrons. The molecule has 11 rings (SSSR count). The molecular weight excluding hydrogens is 637 g/mol. The van der Waals surface area contributed by atoms with Crippen LogP contribution < -0.4 is 4.90 Å². The minimum atomic E-state index is 0.308. The first-order chi connectivity index (χ1) is 25.3. The molecule has 0 fully saturated rings. The van der Waals surface area contributed by atoms with Gasteiger partial charge in [-0.2, -0.15) is 0 Å². The average molecular weight is 671 g/mol. The molecule has 1 unspecified atom stereocenters. The summed E-state index contributed by atoms with van der Waals surface area (Å²) >= 11 is 1.91. The van der Waals surface area contributed by atoms with Crippen molar-refractivity contribution in [3.05, 3.63) is 186 Å². The molecule has 0 amide bonds. The van der Waals surface area contributed by atoms with E-state index >= 15 is 0 Å². The quantitative estimate of drug-likeness (QED) is 0.181. The van der Waals surface area contributed by atoms with Crippen LogP contribution >= 0.6 is 11.3 Å². The van der Waals surface area contributed by atoms with Crippen molar-refractivity contribution in [3.63, 3.8) is 0 Å². The molecule has 0 spiro atoms. The summed E-state index contributed by atoms with van der Waals surface area (Å²) in [7, 11) is 0. The molecule has 3 heteroatoms. The fourth-order valence-electron chi connectivity index (χ4n) is 8.85. The normalized spacial score (nSPS) is 16.8. The van der Waals surface area contributed by atoms with Crippen LogP contribution in [0.2, 0.25) is 0 Å². The van der Waals surface area contributed by atoms with Gasteiger partial charge in [-0.05, 0) is 102 Å². The SMILES string of the molecule is C1=CCCC(N2C3=CC=C(c4ccc5c(c4)c4ccccc4n5-c4ccccc4)CC3c3ccc(-c4cccc5c4sc4ccccc45)cc32)=C1. The summed E-state index contributed by atoms with van der Waals surface area (Å²) in [5, 5.41) is 5.29. The van der Waals surface area contributed by atoms with Gasteiger partial charge in [0.25, 0.3) is 0 Å². The van der Waals surface area contributed by atoms with Crippen LogP contribution in [0.25, 0.3) is 64.4 Å². The largest absolute Gasteiger partial charge is 0.317 e. The van der Waals surface area contributed by atoms with E-state index in [9.17, 15) is 0 Å². The number of rotatable bonds is 4. The summed E-state index contributed by atoms with van der Waals surface area (Å²) in [6.45, 7) is 0. The second-order valence-corrected chi connectivity index (χ2v) is 15.0. The summed E-state index contributed by atoms with van der Waals surface area (Å²) in [4.78, 5) is 2.59. The monoisotopic (exact) mass is 670 g/mol. The molecule has 1 aliphatic heterocycles. The molecule has 3 heterocycles. The topological polar surface area (TPSA) is 8.17 Å². The van der Waals surface area contributed by atoms with Gasteiger partial charge in [-0.3, -0.25) is 0 Å². The molecule has 2 nitrogen and oxygen atoms in total. The summed E-state index contributed by atoms with van der Waals surface area (Å²) in [5.41, 5.74) is 14.5. The highest BCUT2D eigenvalue weighted by atomic mass is 32.1. The van der Waals surface area contributed by atoms with Crippen LogP contribution in [0.5, 0.6) is 0 Å². The van der Waals surface area contributed by atoms with E-state index in [-0.39, 0.29) is 0 Å². The van der Waals surface area contributed by atoms with E-state index in [1.54, 1.807) is 0 Å². The van der Waals surface area contributed by atoms with E-state index < -0.39 is 0 Å². The van der Waals surface area contributed by atoms with Crippen molar-refractivity contribution < 1.29 is 0 Å². The third-order valence-electron chi connectivity index (χ3n) is 11.2. The fraction of sp³-hybridized carbons (Fsp3) is 0.0833. The van der Waals surface area contributed by atoms with Gasteiger partial charge < -0.3 is 9.47 Å². The van der Waals surface area contributed by atoms with E-state index in [1.807, 2.05) is 11.3 Å². The van der Waals surface area contributed by atoms with Crippen molar-refractivity contribution >= 4 is 64.6 Å². The van der Waals surface area contributed by atoms with Gasteiger partial charge in [-0.25, -0.2) is 0 Å². The number of anilines is 1. The molecule has 8 aromatic rings. The van der Waals surface area contributed by atoms with Crippen LogP contribution in [0, 0.1) is 0 Å². The minimum absolute atomic E-state index is 0.308. The van der Waals surface area contributed by atoms with Crippen molar-refractivity contribution in [1.29, 1.82) is 0 Å². The molecule has 0 bridgehead atoms. The number of hydrogen-bond acceptors (Lipinski definition) is 2. The van der Waals surface area contributed by atoms with Crippen LogP contribution in [0.3, 0.4) is 0 Å². The molecule has 2 aromatic heterocycles. The lowest BCUT2D eigenvalue weighted by Gasteiger charge is -2.29. The van der Waals surface area contributed by atoms with Crippen LogP contribution in [-0.2, 0) is 0 Å². The van der Waals surface area contributed by atoms with E-state index in [0.29, 0.717) is 5.92 Å². The van der Waals surface area contributed by atoms with Crippen molar-refractivity contribution in [2.75, 3.05) is 4.90 Å². The highest BCUT2D eigenvalue weighted by Crippen LogP contribution is 2.53. The second-order valence-electron chi connectivity index (χ2n) is 14.0. The van der Waals surface area contributed by atoms with Gasteiger partial charge in [0, 0.05) is 53.9 Å². The van der Waals surface area contributed by atoms with E-state index in [2.05, 4.69) is 173 Å². The zero-order valence-corrected chi connectivity index (χ0v) is 28.9. The lowest BCUT2D eigenvalue weighted by molar-refractivity contribution is 0.805. The van der Waals surface area contributed by atoms with Gasteiger partial charge in [0.2, 0.25) is 0 Å². The molecule has 0 saturated heterocycles. The first kappa shape index (κ1) is 28.9. The van der Waals surface area contributed by atoms with E-state index in [0.717, 1.165) is 19.3 Å². The number of aromatic nitrogens is 1. The number of fused-ring (bicyclic) bond motifs is 9. The zero-order valence-electron chi connectivity index (χ0n) is 28.1. The first-order valence-electron chi connectivity index (χ1n) is 18.0. The summed E-state index contributed by atoms with van der Waals surface area (Å²) < 4.78 is 5.11. The summed E-state index contributed by atoms with van der Waals surface area (Å²) in [6, 6.07) is 49.5. The number of allylic oxidation sites excluding steroid dienone is 8. The molecule has 6 aromatic carbocycles. The number of para-hydroxylation sites is 2. The van der Waals surface area contributed by atoms with Crippen molar-refractivity contribution in [2.45, 2.75) is 25.2 Å². The highest BCUT2D eigenvalue weighted by Gasteiger charge is 2.37. The van der Waals surface area contributed by atoms with Gasteiger partial charge >= 0.3 is 0 Å². The van der Waals surface area contributed by atoms with Crippen molar-refractivity contribution in [1.82, 2.24) is 4.57 Å². The second kappa shape index (κ2) is 11.3. The lowest BCUT2D eigenvalue weighted by atomic mass is 9.84. The number of thiophene rings is 1. The van der Waals surface area contributed by atoms with Crippen LogP contribution in [0.1, 0.15) is 36.3 Å². The molecule has 1 atom stereocenters.